The van der Waals surface area contributed by atoms with Gasteiger partial charge in [0.15, 0.2) is 6.61 Å². The number of anilines is 1. The Kier molecular flexibility index (Phi) is 6.46. The molecule has 7 nitrogen and oxygen atoms in total. The van der Waals surface area contributed by atoms with Crippen LogP contribution in [0, 0.1) is 13.8 Å². The molecule has 1 aromatic heterocycles. The Bertz CT molecular complexity index is 1170. The SMILES string of the molecule is Cc1ccc(C)c(OCC(=O)N2CCN(c3cnn(-c4ccccc4)c(=O)c3Cl)CC2)c1. The van der Waals surface area contributed by atoms with Crippen LogP contribution in [0.3, 0.4) is 0 Å². The summed E-state index contributed by atoms with van der Waals surface area (Å²) in [4.78, 5) is 29.1. The number of carbonyl (C=O) groups excluding carboxylic acids is 1. The van der Waals surface area contributed by atoms with Crippen LogP contribution in [0.2, 0.25) is 5.02 Å². The molecule has 32 heavy (non-hydrogen) atoms. The van der Waals surface area contributed by atoms with E-state index in [9.17, 15) is 9.59 Å². The zero-order chi connectivity index (χ0) is 22.7. The summed E-state index contributed by atoms with van der Waals surface area (Å²) in [6.07, 6.45) is 1.61. The molecule has 4 rings (SSSR count). The lowest BCUT2D eigenvalue weighted by molar-refractivity contribution is -0.133. The van der Waals surface area contributed by atoms with Gasteiger partial charge in [-0.1, -0.05) is 41.9 Å². The number of hydrogen-bond acceptors (Lipinski definition) is 5. The third-order valence-corrected chi connectivity index (χ3v) is 5.92. The molecule has 1 amide bonds. The number of piperazine rings is 1. The molecule has 166 valence electrons. The summed E-state index contributed by atoms with van der Waals surface area (Å²) in [7, 11) is 0. The highest BCUT2D eigenvalue weighted by atomic mass is 35.5. The van der Waals surface area contributed by atoms with Gasteiger partial charge in [-0.05, 0) is 43.2 Å². The molecule has 2 aromatic carbocycles. The number of para-hydroxylation sites is 1. The normalized spacial score (nSPS) is 13.8. The standard InChI is InChI=1S/C24H25ClN4O3/c1-17-8-9-18(2)21(14-17)32-16-22(30)28-12-10-27(11-13-28)20-15-26-29(24(31)23(20)25)19-6-4-3-5-7-19/h3-9,14-15H,10-13,16H2,1-2H3. The predicted octanol–water partition coefficient (Wildman–Crippen LogP) is 3.23. The van der Waals surface area contributed by atoms with Crippen LogP contribution in [0.4, 0.5) is 5.69 Å². The lowest BCUT2D eigenvalue weighted by Gasteiger charge is -2.36. The summed E-state index contributed by atoms with van der Waals surface area (Å²) in [6, 6.07) is 15.1. The van der Waals surface area contributed by atoms with E-state index in [-0.39, 0.29) is 23.1 Å². The first-order chi connectivity index (χ1) is 15.4. The van der Waals surface area contributed by atoms with E-state index < -0.39 is 0 Å². The highest BCUT2D eigenvalue weighted by Crippen LogP contribution is 2.23. The number of nitrogens with zero attached hydrogens (tertiary/aromatic N) is 4. The summed E-state index contributed by atoms with van der Waals surface area (Å²) < 4.78 is 7.04. The summed E-state index contributed by atoms with van der Waals surface area (Å²) >= 11 is 6.41. The second-order valence-electron chi connectivity index (χ2n) is 7.82. The fourth-order valence-corrected chi connectivity index (χ4v) is 3.94. The van der Waals surface area contributed by atoms with Crippen LogP contribution >= 0.6 is 11.6 Å². The maximum absolute atomic E-state index is 12.7. The molecule has 0 N–H and O–H groups in total. The van der Waals surface area contributed by atoms with E-state index in [1.54, 1.807) is 23.2 Å². The first-order valence-electron chi connectivity index (χ1n) is 10.5. The van der Waals surface area contributed by atoms with Crippen molar-refractivity contribution in [2.45, 2.75) is 13.8 Å². The number of amides is 1. The van der Waals surface area contributed by atoms with E-state index in [4.69, 9.17) is 16.3 Å². The third-order valence-electron chi connectivity index (χ3n) is 5.57. The van der Waals surface area contributed by atoms with Gasteiger partial charge in [-0.25, -0.2) is 0 Å². The van der Waals surface area contributed by atoms with Crippen molar-refractivity contribution in [2.75, 3.05) is 37.7 Å². The minimum absolute atomic E-state index is 0.000272. The van der Waals surface area contributed by atoms with Crippen molar-refractivity contribution in [2.24, 2.45) is 0 Å². The smallest absolute Gasteiger partial charge is 0.292 e. The monoisotopic (exact) mass is 452 g/mol. The van der Waals surface area contributed by atoms with E-state index in [1.807, 2.05) is 55.1 Å². The maximum Gasteiger partial charge on any atom is 0.292 e. The molecule has 2 heterocycles. The Morgan fingerprint density at radius 2 is 1.78 bits per heavy atom. The number of rotatable bonds is 5. The molecule has 3 aromatic rings. The zero-order valence-corrected chi connectivity index (χ0v) is 18.9. The summed E-state index contributed by atoms with van der Waals surface area (Å²) in [5.41, 5.74) is 2.97. The number of halogens is 1. The van der Waals surface area contributed by atoms with Crippen LogP contribution in [-0.2, 0) is 4.79 Å². The molecular formula is C24H25ClN4O3. The fraction of sp³-hybridized carbons (Fsp3) is 0.292. The first kappa shape index (κ1) is 21.9. The molecule has 1 fully saturated rings. The Morgan fingerprint density at radius 1 is 1.06 bits per heavy atom. The molecule has 0 saturated carbocycles. The second kappa shape index (κ2) is 9.44. The Hall–Kier alpha value is -3.32. The molecule has 0 unspecified atom stereocenters. The minimum Gasteiger partial charge on any atom is -0.483 e. The molecule has 0 bridgehead atoms. The second-order valence-corrected chi connectivity index (χ2v) is 8.20. The lowest BCUT2D eigenvalue weighted by Crippen LogP contribution is -2.50. The largest absolute Gasteiger partial charge is 0.483 e. The van der Waals surface area contributed by atoms with E-state index in [0.717, 1.165) is 16.9 Å². The molecule has 0 spiro atoms. The van der Waals surface area contributed by atoms with Gasteiger partial charge in [-0.2, -0.15) is 9.78 Å². The fourth-order valence-electron chi connectivity index (χ4n) is 3.69. The molecule has 0 radical (unpaired) electrons. The molecule has 0 atom stereocenters. The highest BCUT2D eigenvalue weighted by Gasteiger charge is 2.24. The summed E-state index contributed by atoms with van der Waals surface area (Å²) in [6.45, 7) is 6.11. The Balaban J connectivity index is 1.38. The van der Waals surface area contributed by atoms with Crippen LogP contribution in [0.5, 0.6) is 5.75 Å². The quantitative estimate of drug-likeness (QED) is 0.594. The lowest BCUT2D eigenvalue weighted by atomic mass is 10.1. The van der Waals surface area contributed by atoms with E-state index in [2.05, 4.69) is 5.10 Å². The number of carbonyl (C=O) groups is 1. The number of aromatic nitrogens is 2. The maximum atomic E-state index is 12.7. The van der Waals surface area contributed by atoms with Crippen molar-refractivity contribution in [3.63, 3.8) is 0 Å². The zero-order valence-electron chi connectivity index (χ0n) is 18.1. The molecule has 1 aliphatic heterocycles. The summed E-state index contributed by atoms with van der Waals surface area (Å²) in [5.74, 6) is 0.670. The molecule has 1 saturated heterocycles. The van der Waals surface area contributed by atoms with E-state index >= 15 is 0 Å². The average Bonchev–Trinajstić information content (AvgIpc) is 2.82. The van der Waals surface area contributed by atoms with Gasteiger partial charge in [0.2, 0.25) is 0 Å². The summed E-state index contributed by atoms with van der Waals surface area (Å²) in [5, 5.41) is 4.42. The van der Waals surface area contributed by atoms with Crippen molar-refractivity contribution >= 4 is 23.2 Å². The molecule has 8 heteroatoms. The number of hydrogen-bond donors (Lipinski definition) is 0. The highest BCUT2D eigenvalue weighted by molar-refractivity contribution is 6.33. The first-order valence-corrected chi connectivity index (χ1v) is 10.9. The van der Waals surface area contributed by atoms with Gasteiger partial charge in [0.1, 0.15) is 10.8 Å². The third kappa shape index (κ3) is 4.62. The van der Waals surface area contributed by atoms with Crippen molar-refractivity contribution in [3.05, 3.63) is 81.2 Å². The van der Waals surface area contributed by atoms with Crippen LogP contribution in [-0.4, -0.2) is 53.4 Å². The van der Waals surface area contributed by atoms with Crippen molar-refractivity contribution < 1.29 is 9.53 Å². The predicted molar refractivity (Wildman–Crippen MR) is 125 cm³/mol. The van der Waals surface area contributed by atoms with Gasteiger partial charge in [0, 0.05) is 26.2 Å². The molecule has 0 aliphatic carbocycles. The van der Waals surface area contributed by atoms with Crippen LogP contribution in [0.25, 0.3) is 5.69 Å². The average molecular weight is 453 g/mol. The van der Waals surface area contributed by atoms with Gasteiger partial charge >= 0.3 is 0 Å². The minimum atomic E-state index is -0.365. The van der Waals surface area contributed by atoms with Crippen molar-refractivity contribution in [1.29, 1.82) is 0 Å². The number of aryl methyl sites for hydroxylation is 2. The van der Waals surface area contributed by atoms with Crippen LogP contribution in [0.1, 0.15) is 11.1 Å². The van der Waals surface area contributed by atoms with Gasteiger partial charge in [-0.3, -0.25) is 9.59 Å². The van der Waals surface area contributed by atoms with E-state index in [0.29, 0.717) is 37.6 Å². The molecule has 1 aliphatic rings. The van der Waals surface area contributed by atoms with Gasteiger partial charge in [0.25, 0.3) is 11.5 Å². The van der Waals surface area contributed by atoms with Crippen molar-refractivity contribution in [1.82, 2.24) is 14.7 Å². The Labute approximate surface area is 191 Å². The van der Waals surface area contributed by atoms with Gasteiger partial charge in [0.05, 0.1) is 17.6 Å². The number of ether oxygens (including phenoxy) is 1. The van der Waals surface area contributed by atoms with Gasteiger partial charge < -0.3 is 14.5 Å². The van der Waals surface area contributed by atoms with Crippen LogP contribution < -0.4 is 15.2 Å². The van der Waals surface area contributed by atoms with Gasteiger partial charge in [-0.15, -0.1) is 0 Å². The van der Waals surface area contributed by atoms with E-state index in [1.165, 1.54) is 4.68 Å². The van der Waals surface area contributed by atoms with Crippen molar-refractivity contribution in [3.8, 4) is 11.4 Å². The topological polar surface area (TPSA) is 67.7 Å². The van der Waals surface area contributed by atoms with Crippen LogP contribution in [0.15, 0.2) is 59.5 Å². The number of benzene rings is 2. The molecular weight excluding hydrogens is 428 g/mol. The Morgan fingerprint density at radius 3 is 2.50 bits per heavy atom.